The van der Waals surface area contributed by atoms with E-state index in [1.807, 2.05) is 55.4 Å². The SMILES string of the molecule is CN(C)c1ccc(CNC(=O)c2ccc3c(c2)NC(=O)[C@H]2CCCCN32)cc1. The fraction of sp³-hybridized carbons (Fsp3) is 0.364. The highest BCUT2D eigenvalue weighted by molar-refractivity contribution is 6.05. The first kappa shape index (κ1) is 18.3. The minimum atomic E-state index is -0.144. The van der Waals surface area contributed by atoms with Gasteiger partial charge in [0.15, 0.2) is 0 Å². The van der Waals surface area contributed by atoms with Crippen molar-refractivity contribution in [3.05, 3.63) is 53.6 Å². The van der Waals surface area contributed by atoms with Gasteiger partial charge in [-0.25, -0.2) is 0 Å². The van der Waals surface area contributed by atoms with E-state index in [4.69, 9.17) is 0 Å². The molecule has 0 saturated carbocycles. The van der Waals surface area contributed by atoms with Gasteiger partial charge in [-0.15, -0.1) is 0 Å². The van der Waals surface area contributed by atoms with E-state index in [-0.39, 0.29) is 17.9 Å². The molecule has 146 valence electrons. The molecule has 0 aliphatic carbocycles. The van der Waals surface area contributed by atoms with E-state index in [1.165, 1.54) is 0 Å². The van der Waals surface area contributed by atoms with Gasteiger partial charge in [0.2, 0.25) is 5.91 Å². The molecule has 0 bridgehead atoms. The van der Waals surface area contributed by atoms with Crippen LogP contribution in [0.5, 0.6) is 0 Å². The third-order valence-corrected chi connectivity index (χ3v) is 5.54. The first-order chi connectivity index (χ1) is 13.5. The van der Waals surface area contributed by atoms with Crippen molar-refractivity contribution >= 4 is 28.9 Å². The molecule has 2 aliphatic heterocycles. The van der Waals surface area contributed by atoms with Gasteiger partial charge < -0.3 is 20.4 Å². The standard InChI is InChI=1S/C22H26N4O2/c1-25(2)17-9-6-15(7-10-17)14-23-21(27)16-8-11-19-18(13-16)24-22(28)20-5-3-4-12-26(19)20/h6-11,13,20H,3-5,12,14H2,1-2H3,(H,23,27)(H,24,28)/t20-/m1/s1. The third kappa shape index (κ3) is 3.54. The highest BCUT2D eigenvalue weighted by Crippen LogP contribution is 2.36. The molecule has 1 fully saturated rings. The smallest absolute Gasteiger partial charge is 0.251 e. The average molecular weight is 378 g/mol. The topological polar surface area (TPSA) is 64.7 Å². The van der Waals surface area contributed by atoms with Crippen LogP contribution in [0.2, 0.25) is 0 Å². The van der Waals surface area contributed by atoms with Crippen LogP contribution in [0, 0.1) is 0 Å². The summed E-state index contributed by atoms with van der Waals surface area (Å²) < 4.78 is 0. The van der Waals surface area contributed by atoms with Crippen LogP contribution >= 0.6 is 0 Å². The molecule has 2 amide bonds. The van der Waals surface area contributed by atoms with Gasteiger partial charge in [0.25, 0.3) is 5.91 Å². The van der Waals surface area contributed by atoms with Gasteiger partial charge >= 0.3 is 0 Å². The number of benzene rings is 2. The van der Waals surface area contributed by atoms with Crippen molar-refractivity contribution < 1.29 is 9.59 Å². The summed E-state index contributed by atoms with van der Waals surface area (Å²) in [7, 11) is 4.00. The predicted octanol–water partition coefficient (Wildman–Crippen LogP) is 2.99. The van der Waals surface area contributed by atoms with E-state index < -0.39 is 0 Å². The molecular formula is C22H26N4O2. The van der Waals surface area contributed by atoms with Gasteiger partial charge in [0.1, 0.15) is 6.04 Å². The summed E-state index contributed by atoms with van der Waals surface area (Å²) in [5.41, 5.74) is 4.46. The third-order valence-electron chi connectivity index (χ3n) is 5.54. The molecule has 6 nitrogen and oxygen atoms in total. The summed E-state index contributed by atoms with van der Waals surface area (Å²) in [4.78, 5) is 29.2. The van der Waals surface area contributed by atoms with E-state index >= 15 is 0 Å². The first-order valence-electron chi connectivity index (χ1n) is 9.79. The average Bonchev–Trinajstić information content (AvgIpc) is 2.72. The van der Waals surface area contributed by atoms with E-state index in [9.17, 15) is 9.59 Å². The van der Waals surface area contributed by atoms with Gasteiger partial charge in [-0.3, -0.25) is 9.59 Å². The Labute approximate surface area is 165 Å². The monoisotopic (exact) mass is 378 g/mol. The zero-order valence-electron chi connectivity index (χ0n) is 16.4. The van der Waals surface area contributed by atoms with Crippen LogP contribution in [0.3, 0.4) is 0 Å². The van der Waals surface area contributed by atoms with Crippen LogP contribution < -0.4 is 20.4 Å². The van der Waals surface area contributed by atoms with Crippen LogP contribution in [-0.4, -0.2) is 38.5 Å². The molecule has 0 radical (unpaired) electrons. The van der Waals surface area contributed by atoms with Crippen molar-refractivity contribution in [1.29, 1.82) is 0 Å². The van der Waals surface area contributed by atoms with E-state index in [1.54, 1.807) is 6.07 Å². The molecule has 1 atom stereocenters. The maximum absolute atomic E-state index is 12.6. The number of amides is 2. The number of anilines is 3. The Bertz CT molecular complexity index is 892. The molecule has 2 aromatic rings. The van der Waals surface area contributed by atoms with Gasteiger partial charge in [0.05, 0.1) is 11.4 Å². The van der Waals surface area contributed by atoms with Crippen molar-refractivity contribution in [2.45, 2.75) is 31.8 Å². The Morgan fingerprint density at radius 3 is 2.71 bits per heavy atom. The maximum Gasteiger partial charge on any atom is 0.251 e. The van der Waals surface area contributed by atoms with E-state index in [0.717, 1.165) is 48.4 Å². The minimum absolute atomic E-state index is 0.0331. The van der Waals surface area contributed by atoms with Crippen LogP contribution in [0.25, 0.3) is 0 Å². The number of hydrogen-bond acceptors (Lipinski definition) is 4. The highest BCUT2D eigenvalue weighted by Gasteiger charge is 2.34. The number of rotatable bonds is 4. The molecule has 28 heavy (non-hydrogen) atoms. The molecular weight excluding hydrogens is 352 g/mol. The summed E-state index contributed by atoms with van der Waals surface area (Å²) >= 11 is 0. The highest BCUT2D eigenvalue weighted by atomic mass is 16.2. The Hall–Kier alpha value is -3.02. The largest absolute Gasteiger partial charge is 0.378 e. The summed E-state index contributed by atoms with van der Waals surface area (Å²) in [5, 5.41) is 5.94. The second-order valence-corrected chi connectivity index (χ2v) is 7.67. The summed E-state index contributed by atoms with van der Waals surface area (Å²) in [6.45, 7) is 1.35. The van der Waals surface area contributed by atoms with Crippen LogP contribution in [0.4, 0.5) is 17.1 Å². The number of nitrogens with one attached hydrogen (secondary N) is 2. The van der Waals surface area contributed by atoms with Crippen LogP contribution in [-0.2, 0) is 11.3 Å². The van der Waals surface area contributed by atoms with Crippen molar-refractivity contribution in [1.82, 2.24) is 5.32 Å². The van der Waals surface area contributed by atoms with E-state index in [2.05, 4.69) is 15.5 Å². The molecule has 0 aromatic heterocycles. The zero-order valence-corrected chi connectivity index (χ0v) is 16.4. The zero-order chi connectivity index (χ0) is 19.7. The lowest BCUT2D eigenvalue weighted by Gasteiger charge is -2.41. The molecule has 4 rings (SSSR count). The normalized spacial score (nSPS) is 18.0. The molecule has 6 heteroatoms. The summed E-state index contributed by atoms with van der Waals surface area (Å²) in [5.74, 6) is -0.111. The maximum atomic E-state index is 12.6. The molecule has 0 unspecified atom stereocenters. The number of fused-ring (bicyclic) bond motifs is 3. The molecule has 1 saturated heterocycles. The quantitative estimate of drug-likeness (QED) is 0.859. The fourth-order valence-corrected chi connectivity index (χ4v) is 3.93. The lowest BCUT2D eigenvalue weighted by atomic mass is 9.97. The van der Waals surface area contributed by atoms with Crippen LogP contribution in [0.1, 0.15) is 35.2 Å². The van der Waals surface area contributed by atoms with Gasteiger partial charge in [-0.05, 0) is 55.2 Å². The Balaban J connectivity index is 1.45. The van der Waals surface area contributed by atoms with Crippen molar-refractivity contribution in [2.24, 2.45) is 0 Å². The van der Waals surface area contributed by atoms with Gasteiger partial charge in [-0.2, -0.15) is 0 Å². The molecule has 2 heterocycles. The molecule has 2 aromatic carbocycles. The second kappa shape index (κ2) is 7.54. The minimum Gasteiger partial charge on any atom is -0.378 e. The summed E-state index contributed by atoms with van der Waals surface area (Å²) in [6.07, 6.45) is 3.07. The number of piperidine rings is 1. The van der Waals surface area contributed by atoms with Crippen molar-refractivity contribution in [3.8, 4) is 0 Å². The summed E-state index contributed by atoms with van der Waals surface area (Å²) in [6, 6.07) is 13.6. The lowest BCUT2D eigenvalue weighted by molar-refractivity contribution is -0.118. The van der Waals surface area contributed by atoms with Crippen LogP contribution in [0.15, 0.2) is 42.5 Å². The fourth-order valence-electron chi connectivity index (χ4n) is 3.93. The van der Waals surface area contributed by atoms with Gasteiger partial charge in [-0.1, -0.05) is 12.1 Å². The Kier molecular flexibility index (Phi) is 4.94. The predicted molar refractivity (Wildman–Crippen MR) is 112 cm³/mol. The first-order valence-corrected chi connectivity index (χ1v) is 9.79. The second-order valence-electron chi connectivity index (χ2n) is 7.67. The lowest BCUT2D eigenvalue weighted by Crippen LogP contribution is -2.50. The number of carbonyl (C=O) groups excluding carboxylic acids is 2. The van der Waals surface area contributed by atoms with E-state index in [0.29, 0.717) is 12.1 Å². The number of carbonyl (C=O) groups is 2. The van der Waals surface area contributed by atoms with Gasteiger partial charge in [0, 0.05) is 38.4 Å². The number of nitrogens with zero attached hydrogens (tertiary/aromatic N) is 2. The number of hydrogen-bond donors (Lipinski definition) is 2. The molecule has 2 N–H and O–H groups in total. The van der Waals surface area contributed by atoms with Crippen molar-refractivity contribution in [2.75, 3.05) is 35.8 Å². The Morgan fingerprint density at radius 1 is 1.18 bits per heavy atom. The molecule has 0 spiro atoms. The molecule has 2 aliphatic rings. The Morgan fingerprint density at radius 2 is 1.96 bits per heavy atom. The van der Waals surface area contributed by atoms with Crippen molar-refractivity contribution in [3.63, 3.8) is 0 Å².